The van der Waals surface area contributed by atoms with Crippen LogP contribution in [0.4, 0.5) is 11.4 Å². The molecule has 0 aromatic heterocycles. The van der Waals surface area contributed by atoms with E-state index in [0.29, 0.717) is 11.3 Å². The van der Waals surface area contributed by atoms with Gasteiger partial charge in [-0.1, -0.05) is 62.2 Å². The molecule has 0 bridgehead atoms. The first-order valence-electron chi connectivity index (χ1n) is 9.45. The molecule has 5 nitrogen and oxygen atoms in total. The first kappa shape index (κ1) is 23.1. The van der Waals surface area contributed by atoms with E-state index < -0.39 is 10.0 Å². The van der Waals surface area contributed by atoms with Crippen molar-refractivity contribution in [1.82, 2.24) is 0 Å². The summed E-state index contributed by atoms with van der Waals surface area (Å²) in [6.07, 6.45) is 0. The average Bonchev–Trinajstić information content (AvgIpc) is 2.69. The third-order valence-electron chi connectivity index (χ3n) is 4.57. The van der Waals surface area contributed by atoms with Crippen molar-refractivity contribution in [3.63, 3.8) is 0 Å². The van der Waals surface area contributed by atoms with Gasteiger partial charge in [0.15, 0.2) is 0 Å². The summed E-state index contributed by atoms with van der Waals surface area (Å²) in [4.78, 5) is 12.5. The molecule has 31 heavy (non-hydrogen) atoms. The number of hydrogen-bond acceptors (Lipinski definition) is 3. The van der Waals surface area contributed by atoms with Gasteiger partial charge in [-0.15, -0.1) is 0 Å². The fourth-order valence-corrected chi connectivity index (χ4v) is 4.69. The van der Waals surface area contributed by atoms with E-state index in [2.05, 4.69) is 30.8 Å². The van der Waals surface area contributed by atoms with Crippen molar-refractivity contribution in [2.75, 3.05) is 10.0 Å². The highest BCUT2D eigenvalue weighted by molar-refractivity contribution is 7.92. The van der Waals surface area contributed by atoms with Crippen LogP contribution >= 0.6 is 23.2 Å². The van der Waals surface area contributed by atoms with Crippen LogP contribution in [0.15, 0.2) is 71.6 Å². The monoisotopic (exact) mass is 476 g/mol. The maximum absolute atomic E-state index is 12.7. The molecule has 0 spiro atoms. The topological polar surface area (TPSA) is 75.3 Å². The molecular weight excluding hydrogens is 455 g/mol. The van der Waals surface area contributed by atoms with Gasteiger partial charge in [0.05, 0.1) is 10.7 Å². The maximum atomic E-state index is 12.7. The number of carbonyl (C=O) groups is 1. The predicted octanol–water partition coefficient (Wildman–Crippen LogP) is 6.34. The van der Waals surface area contributed by atoms with E-state index in [4.69, 9.17) is 23.2 Å². The van der Waals surface area contributed by atoms with Crippen molar-refractivity contribution < 1.29 is 13.2 Å². The van der Waals surface area contributed by atoms with Crippen LogP contribution in [-0.2, 0) is 15.4 Å². The Morgan fingerprint density at radius 3 is 2.16 bits per heavy atom. The van der Waals surface area contributed by atoms with Crippen LogP contribution in [0.2, 0.25) is 10.0 Å². The number of anilines is 2. The highest BCUT2D eigenvalue weighted by Crippen LogP contribution is 2.28. The van der Waals surface area contributed by atoms with Gasteiger partial charge < -0.3 is 5.32 Å². The highest BCUT2D eigenvalue weighted by atomic mass is 35.5. The smallest absolute Gasteiger partial charge is 0.263 e. The SMILES string of the molecule is CC(C)(C)c1ccc(C(=O)Nc2cccc(NS(=O)(=O)c3cc(Cl)ccc3Cl)c2)cc1. The molecule has 3 rings (SSSR count). The molecule has 0 atom stereocenters. The average molecular weight is 477 g/mol. The molecule has 0 aliphatic carbocycles. The first-order valence-corrected chi connectivity index (χ1v) is 11.7. The lowest BCUT2D eigenvalue weighted by molar-refractivity contribution is 0.102. The van der Waals surface area contributed by atoms with Crippen LogP contribution in [0.25, 0.3) is 0 Å². The van der Waals surface area contributed by atoms with Gasteiger partial charge in [-0.25, -0.2) is 8.42 Å². The Bertz CT molecular complexity index is 1220. The van der Waals surface area contributed by atoms with Crippen LogP contribution in [0, 0.1) is 0 Å². The summed E-state index contributed by atoms with van der Waals surface area (Å²) < 4.78 is 27.9. The molecule has 3 aromatic carbocycles. The van der Waals surface area contributed by atoms with Crippen LogP contribution in [-0.4, -0.2) is 14.3 Å². The second-order valence-corrected chi connectivity index (χ2v) is 10.5. The van der Waals surface area contributed by atoms with Gasteiger partial charge in [-0.3, -0.25) is 9.52 Å². The lowest BCUT2D eigenvalue weighted by atomic mass is 9.87. The third-order valence-corrected chi connectivity index (χ3v) is 6.67. The minimum absolute atomic E-state index is 0.00756. The number of amides is 1. The van der Waals surface area contributed by atoms with E-state index in [1.807, 2.05) is 12.1 Å². The van der Waals surface area contributed by atoms with E-state index in [-0.39, 0.29) is 32.0 Å². The summed E-state index contributed by atoms with van der Waals surface area (Å²) in [5, 5.41) is 3.09. The Morgan fingerprint density at radius 1 is 0.871 bits per heavy atom. The summed E-state index contributed by atoms with van der Waals surface area (Å²) >= 11 is 11.9. The molecule has 0 aliphatic heterocycles. The lowest BCUT2D eigenvalue weighted by Gasteiger charge is -2.19. The number of halogens is 2. The highest BCUT2D eigenvalue weighted by Gasteiger charge is 2.19. The van der Waals surface area contributed by atoms with Crippen LogP contribution in [0.5, 0.6) is 0 Å². The lowest BCUT2D eigenvalue weighted by Crippen LogP contribution is -2.15. The zero-order chi connectivity index (χ0) is 22.8. The second-order valence-electron chi connectivity index (χ2n) is 8.04. The van der Waals surface area contributed by atoms with Gasteiger partial charge in [0.1, 0.15) is 4.90 Å². The van der Waals surface area contributed by atoms with Crippen LogP contribution < -0.4 is 10.0 Å². The zero-order valence-electron chi connectivity index (χ0n) is 17.2. The Labute approximate surface area is 192 Å². The Kier molecular flexibility index (Phi) is 6.65. The summed E-state index contributed by atoms with van der Waals surface area (Å²) in [7, 11) is -3.96. The van der Waals surface area contributed by atoms with Crippen LogP contribution in [0.1, 0.15) is 36.7 Å². The third kappa shape index (κ3) is 5.79. The van der Waals surface area contributed by atoms with Gasteiger partial charge in [0.25, 0.3) is 15.9 Å². The Balaban J connectivity index is 1.77. The van der Waals surface area contributed by atoms with E-state index in [1.165, 1.54) is 24.3 Å². The number of sulfonamides is 1. The van der Waals surface area contributed by atoms with Crippen molar-refractivity contribution in [2.45, 2.75) is 31.1 Å². The van der Waals surface area contributed by atoms with Crippen molar-refractivity contribution in [2.24, 2.45) is 0 Å². The normalized spacial score (nSPS) is 11.8. The van der Waals surface area contributed by atoms with Gasteiger partial charge >= 0.3 is 0 Å². The molecule has 8 heteroatoms. The van der Waals surface area contributed by atoms with E-state index >= 15 is 0 Å². The molecule has 1 amide bonds. The van der Waals surface area contributed by atoms with Crippen LogP contribution in [0.3, 0.4) is 0 Å². The summed E-state index contributed by atoms with van der Waals surface area (Å²) in [6, 6.07) is 18.0. The fraction of sp³-hybridized carbons (Fsp3) is 0.174. The number of carbonyl (C=O) groups excluding carboxylic acids is 1. The number of hydrogen-bond donors (Lipinski definition) is 2. The predicted molar refractivity (Wildman–Crippen MR) is 127 cm³/mol. The van der Waals surface area contributed by atoms with Crippen molar-refractivity contribution >= 4 is 50.5 Å². The molecule has 3 aromatic rings. The first-order chi connectivity index (χ1) is 14.5. The van der Waals surface area contributed by atoms with Crippen molar-refractivity contribution in [1.29, 1.82) is 0 Å². The van der Waals surface area contributed by atoms with Crippen molar-refractivity contribution in [3.8, 4) is 0 Å². The Morgan fingerprint density at radius 2 is 1.52 bits per heavy atom. The standard InChI is InChI=1S/C23H22Cl2N2O3S/c1-23(2,3)16-9-7-15(8-10-16)22(28)26-18-5-4-6-19(14-18)27-31(29,30)21-13-17(24)11-12-20(21)25/h4-14,27H,1-3H3,(H,26,28). The molecule has 0 radical (unpaired) electrons. The summed E-state index contributed by atoms with van der Waals surface area (Å²) in [6.45, 7) is 6.31. The zero-order valence-corrected chi connectivity index (χ0v) is 19.6. The van der Waals surface area contributed by atoms with E-state index in [1.54, 1.807) is 30.3 Å². The van der Waals surface area contributed by atoms with Gasteiger partial charge in [0.2, 0.25) is 0 Å². The second kappa shape index (κ2) is 8.91. The number of rotatable bonds is 5. The summed E-state index contributed by atoms with van der Waals surface area (Å²) in [5.41, 5.74) is 2.34. The number of benzene rings is 3. The molecule has 0 saturated carbocycles. The minimum atomic E-state index is -3.96. The largest absolute Gasteiger partial charge is 0.322 e. The molecule has 0 saturated heterocycles. The minimum Gasteiger partial charge on any atom is -0.322 e. The van der Waals surface area contributed by atoms with E-state index in [0.717, 1.165) is 5.56 Å². The Hall–Kier alpha value is -2.54. The molecule has 2 N–H and O–H groups in total. The molecule has 0 aliphatic rings. The molecule has 0 fully saturated rings. The van der Waals surface area contributed by atoms with Gasteiger partial charge in [0, 0.05) is 16.3 Å². The van der Waals surface area contributed by atoms with Gasteiger partial charge in [-0.05, 0) is 59.5 Å². The van der Waals surface area contributed by atoms with Crippen molar-refractivity contribution in [3.05, 3.63) is 87.9 Å². The van der Waals surface area contributed by atoms with E-state index in [9.17, 15) is 13.2 Å². The fourth-order valence-electron chi connectivity index (χ4n) is 2.88. The molecular formula is C23H22Cl2N2O3S. The quantitative estimate of drug-likeness (QED) is 0.450. The molecule has 162 valence electrons. The maximum Gasteiger partial charge on any atom is 0.263 e. The molecule has 0 unspecified atom stereocenters. The summed E-state index contributed by atoms with van der Waals surface area (Å²) in [5.74, 6) is -0.293. The molecule has 0 heterocycles. The van der Waals surface area contributed by atoms with Gasteiger partial charge in [-0.2, -0.15) is 0 Å². The number of nitrogens with one attached hydrogen (secondary N) is 2.